The number of nitrogens with one attached hydrogen (secondary N) is 1. The van der Waals surface area contributed by atoms with Gasteiger partial charge < -0.3 is 5.32 Å². The summed E-state index contributed by atoms with van der Waals surface area (Å²) in [7, 11) is -3.66. The van der Waals surface area contributed by atoms with Gasteiger partial charge in [-0.1, -0.05) is 0 Å². The zero-order valence-electron chi connectivity index (χ0n) is 14.5. The zero-order chi connectivity index (χ0) is 20.0. The molecule has 3 rings (SSSR count). The van der Waals surface area contributed by atoms with E-state index in [0.29, 0.717) is 24.5 Å². The summed E-state index contributed by atoms with van der Waals surface area (Å²) in [5.41, 5.74) is -4.22. The number of carbonyl (C=O) groups excluding carboxylic acids is 1. The van der Waals surface area contributed by atoms with Crippen molar-refractivity contribution in [2.24, 2.45) is 7.05 Å². The van der Waals surface area contributed by atoms with Crippen molar-refractivity contribution in [1.29, 1.82) is 0 Å². The third-order valence-corrected chi connectivity index (χ3v) is 5.77. The summed E-state index contributed by atoms with van der Waals surface area (Å²) in [6, 6.07) is 5.38. The molecule has 2 aromatic rings. The van der Waals surface area contributed by atoms with E-state index >= 15 is 0 Å². The second kappa shape index (κ2) is 6.55. The van der Waals surface area contributed by atoms with Gasteiger partial charge in [0.2, 0.25) is 0 Å². The van der Waals surface area contributed by atoms with Crippen LogP contribution in [0.5, 0.6) is 0 Å². The van der Waals surface area contributed by atoms with Crippen LogP contribution in [0.3, 0.4) is 0 Å². The number of hydrogen-bond donors (Lipinski definition) is 1. The number of aromatic nitrogens is 2. The number of anilines is 2. The van der Waals surface area contributed by atoms with Crippen molar-refractivity contribution in [3.05, 3.63) is 36.0 Å². The molecular formula is C16H17F3N4O3S. The molecule has 11 heteroatoms. The quantitative estimate of drug-likeness (QED) is 0.848. The summed E-state index contributed by atoms with van der Waals surface area (Å²) < 4.78 is 62.1. The molecule has 0 saturated carbocycles. The summed E-state index contributed by atoms with van der Waals surface area (Å²) in [6.07, 6.45) is 0.492. The molecule has 1 aromatic carbocycles. The summed E-state index contributed by atoms with van der Waals surface area (Å²) >= 11 is 0. The predicted molar refractivity (Wildman–Crippen MR) is 92.0 cm³/mol. The van der Waals surface area contributed by atoms with Crippen LogP contribution in [0.25, 0.3) is 0 Å². The molecule has 2 heterocycles. The lowest BCUT2D eigenvalue weighted by atomic mass is 10.2. The number of nitrogens with zero attached hydrogens (tertiary/aromatic N) is 3. The van der Waals surface area contributed by atoms with Gasteiger partial charge in [-0.3, -0.25) is 14.4 Å². The highest BCUT2D eigenvalue weighted by Crippen LogP contribution is 2.31. The maximum absolute atomic E-state index is 12.6. The SMILES string of the molecule is Cc1cc(N2CCC(Nc3ccc(S(=O)(=O)C(F)(F)F)cc3)C2=O)n(C)n1. The van der Waals surface area contributed by atoms with Gasteiger partial charge >= 0.3 is 5.51 Å². The van der Waals surface area contributed by atoms with Crippen LogP contribution in [-0.4, -0.2) is 42.2 Å². The molecule has 1 aliphatic rings. The zero-order valence-corrected chi connectivity index (χ0v) is 15.3. The van der Waals surface area contributed by atoms with Gasteiger partial charge in [-0.05, 0) is 37.6 Å². The molecule has 0 spiro atoms. The topological polar surface area (TPSA) is 84.3 Å². The summed E-state index contributed by atoms with van der Waals surface area (Å²) in [5, 5.41) is 7.14. The van der Waals surface area contributed by atoms with E-state index in [1.165, 1.54) is 12.1 Å². The Morgan fingerprint density at radius 1 is 1.22 bits per heavy atom. The minimum atomic E-state index is -5.39. The van der Waals surface area contributed by atoms with Gasteiger partial charge in [0.05, 0.1) is 10.6 Å². The molecule has 1 aliphatic heterocycles. The molecule has 1 fully saturated rings. The molecule has 0 aliphatic carbocycles. The average Bonchev–Trinajstić information content (AvgIpc) is 3.09. The number of benzene rings is 1. The van der Waals surface area contributed by atoms with Crippen molar-refractivity contribution in [3.8, 4) is 0 Å². The molecule has 0 bridgehead atoms. The average molecular weight is 402 g/mol. The van der Waals surface area contributed by atoms with Gasteiger partial charge in [0.15, 0.2) is 0 Å². The number of carbonyl (C=O) groups is 1. The maximum atomic E-state index is 12.6. The van der Waals surface area contributed by atoms with E-state index in [0.717, 1.165) is 17.8 Å². The van der Waals surface area contributed by atoms with E-state index in [-0.39, 0.29) is 5.91 Å². The smallest absolute Gasteiger partial charge is 0.374 e. The number of alkyl halides is 3. The van der Waals surface area contributed by atoms with Crippen molar-refractivity contribution in [2.45, 2.75) is 29.8 Å². The van der Waals surface area contributed by atoms with Gasteiger partial charge in [-0.2, -0.15) is 18.3 Å². The minimum Gasteiger partial charge on any atom is -0.374 e. The first-order valence-corrected chi connectivity index (χ1v) is 9.49. The largest absolute Gasteiger partial charge is 0.501 e. The Labute approximate surface area is 153 Å². The van der Waals surface area contributed by atoms with Gasteiger partial charge in [0.1, 0.15) is 11.9 Å². The highest BCUT2D eigenvalue weighted by molar-refractivity contribution is 7.92. The van der Waals surface area contributed by atoms with Crippen LogP contribution in [-0.2, 0) is 21.7 Å². The van der Waals surface area contributed by atoms with E-state index < -0.39 is 26.3 Å². The van der Waals surface area contributed by atoms with Crippen LogP contribution in [0, 0.1) is 6.92 Å². The summed E-state index contributed by atoms with van der Waals surface area (Å²) in [4.78, 5) is 13.3. The molecule has 1 amide bonds. The highest BCUT2D eigenvalue weighted by atomic mass is 32.2. The predicted octanol–water partition coefficient (Wildman–Crippen LogP) is 2.24. The molecule has 1 atom stereocenters. The van der Waals surface area contributed by atoms with Crippen molar-refractivity contribution in [1.82, 2.24) is 9.78 Å². The van der Waals surface area contributed by atoms with E-state index in [9.17, 15) is 26.4 Å². The van der Waals surface area contributed by atoms with Crippen LogP contribution in [0.4, 0.5) is 24.7 Å². The van der Waals surface area contributed by atoms with Gasteiger partial charge in [-0.15, -0.1) is 0 Å². The Bertz CT molecular complexity index is 968. The van der Waals surface area contributed by atoms with E-state index in [4.69, 9.17) is 0 Å². The van der Waals surface area contributed by atoms with Crippen LogP contribution in [0.1, 0.15) is 12.1 Å². The second-order valence-corrected chi connectivity index (χ2v) is 8.16. The fraction of sp³-hybridized carbons (Fsp3) is 0.375. The monoisotopic (exact) mass is 402 g/mol. The summed E-state index contributed by atoms with van der Waals surface area (Å²) in [6.45, 7) is 2.28. The van der Waals surface area contributed by atoms with E-state index in [2.05, 4.69) is 10.4 Å². The van der Waals surface area contributed by atoms with Gasteiger partial charge in [-0.25, -0.2) is 8.42 Å². The Morgan fingerprint density at radius 2 is 1.85 bits per heavy atom. The van der Waals surface area contributed by atoms with Gasteiger partial charge in [0, 0.05) is 25.3 Å². The highest BCUT2D eigenvalue weighted by Gasteiger charge is 2.46. The number of sulfone groups is 1. The van der Waals surface area contributed by atoms with Crippen molar-refractivity contribution in [3.63, 3.8) is 0 Å². The van der Waals surface area contributed by atoms with Crippen molar-refractivity contribution in [2.75, 3.05) is 16.8 Å². The Morgan fingerprint density at radius 3 is 2.37 bits per heavy atom. The molecule has 1 aromatic heterocycles. The van der Waals surface area contributed by atoms with Crippen molar-refractivity contribution >= 4 is 27.2 Å². The molecule has 7 nitrogen and oxygen atoms in total. The Hall–Kier alpha value is -2.56. The molecule has 146 valence electrons. The Kier molecular flexibility index (Phi) is 4.66. The minimum absolute atomic E-state index is 0.190. The lowest BCUT2D eigenvalue weighted by Gasteiger charge is -2.17. The number of hydrogen-bond acceptors (Lipinski definition) is 5. The first-order valence-electron chi connectivity index (χ1n) is 8.00. The molecule has 1 unspecified atom stereocenters. The van der Waals surface area contributed by atoms with Crippen LogP contribution in [0.2, 0.25) is 0 Å². The molecule has 1 N–H and O–H groups in total. The second-order valence-electron chi connectivity index (χ2n) is 6.22. The Balaban J connectivity index is 1.73. The van der Waals surface area contributed by atoms with E-state index in [1.807, 2.05) is 6.92 Å². The third kappa shape index (κ3) is 3.51. The molecule has 0 radical (unpaired) electrons. The maximum Gasteiger partial charge on any atom is 0.501 e. The fourth-order valence-corrected chi connectivity index (χ4v) is 3.72. The lowest BCUT2D eigenvalue weighted by molar-refractivity contribution is -0.117. The van der Waals surface area contributed by atoms with Gasteiger partial charge in [0.25, 0.3) is 15.7 Å². The normalized spacial score (nSPS) is 18.2. The van der Waals surface area contributed by atoms with Crippen LogP contribution in [0.15, 0.2) is 35.2 Å². The first-order chi connectivity index (χ1) is 12.5. The van der Waals surface area contributed by atoms with Crippen LogP contribution < -0.4 is 10.2 Å². The number of amides is 1. The molecule has 27 heavy (non-hydrogen) atoms. The lowest BCUT2D eigenvalue weighted by Crippen LogP contribution is -2.34. The number of halogens is 3. The van der Waals surface area contributed by atoms with E-state index in [1.54, 1.807) is 22.7 Å². The number of rotatable bonds is 4. The third-order valence-electron chi connectivity index (χ3n) is 4.27. The first kappa shape index (κ1) is 19.2. The molecular weight excluding hydrogens is 385 g/mol. The number of aryl methyl sites for hydroxylation is 2. The molecule has 1 saturated heterocycles. The van der Waals surface area contributed by atoms with Crippen LogP contribution >= 0.6 is 0 Å². The summed E-state index contributed by atoms with van der Waals surface area (Å²) in [5.74, 6) is 0.471. The standard InChI is InChI=1S/C16H17F3N4O3S/c1-10-9-14(22(2)21-10)23-8-7-13(15(23)24)20-11-3-5-12(6-4-11)27(25,26)16(17,18)19/h3-6,9,13,20H,7-8H2,1-2H3. The fourth-order valence-electron chi connectivity index (χ4n) is 2.96. The van der Waals surface area contributed by atoms with Crippen molar-refractivity contribution < 1.29 is 26.4 Å².